The summed E-state index contributed by atoms with van der Waals surface area (Å²) < 4.78 is 30.8. The summed E-state index contributed by atoms with van der Waals surface area (Å²) in [5.74, 6) is 1.34. The normalized spacial score (nSPS) is 20.3. The lowest BCUT2D eigenvalue weighted by atomic mass is 9.94. The van der Waals surface area contributed by atoms with Gasteiger partial charge in [0.15, 0.2) is 5.11 Å². The third-order valence-electron chi connectivity index (χ3n) is 6.29. The average Bonchev–Trinajstić information content (AvgIpc) is 3.55. The molecule has 2 aliphatic rings. The summed E-state index contributed by atoms with van der Waals surface area (Å²) in [7, 11) is 0. The van der Waals surface area contributed by atoms with E-state index in [2.05, 4.69) is 10.5 Å². The fourth-order valence-corrected chi connectivity index (χ4v) is 4.82. The Kier molecular flexibility index (Phi) is 6.79. The van der Waals surface area contributed by atoms with Gasteiger partial charge >= 0.3 is 0 Å². The molecule has 2 unspecified atom stereocenters. The molecule has 35 heavy (non-hydrogen) atoms. The van der Waals surface area contributed by atoms with Crippen molar-refractivity contribution in [3.63, 3.8) is 0 Å². The molecule has 2 aliphatic heterocycles. The van der Waals surface area contributed by atoms with Crippen LogP contribution in [-0.2, 0) is 4.74 Å². The lowest BCUT2D eigenvalue weighted by Crippen LogP contribution is -2.48. The van der Waals surface area contributed by atoms with Gasteiger partial charge in [0.2, 0.25) is 5.82 Å². The summed E-state index contributed by atoms with van der Waals surface area (Å²) in [6.07, 6.45) is 2.14. The first-order valence-corrected chi connectivity index (χ1v) is 12.2. The van der Waals surface area contributed by atoms with Crippen molar-refractivity contribution >= 4 is 22.9 Å². The molecular weight excluding hydrogens is 467 g/mol. The topological polar surface area (TPSA) is 72.7 Å². The Bertz CT molecular complexity index is 1220. The minimum Gasteiger partial charge on any atom is -0.494 e. The Hall–Kier alpha value is -3.30. The molecule has 3 heterocycles. The van der Waals surface area contributed by atoms with Gasteiger partial charge in [-0.15, -0.1) is 0 Å². The first-order valence-electron chi connectivity index (χ1n) is 11.8. The van der Waals surface area contributed by atoms with Crippen molar-refractivity contribution < 1.29 is 18.4 Å². The SMILES string of the molecule is CCOc1ccc(-c2noc(C3=C(C)N(CC4CCCO4)C(=S)NC3c3ccc(F)cc3)n2)cc1. The summed E-state index contributed by atoms with van der Waals surface area (Å²) in [6, 6.07) is 13.5. The van der Waals surface area contributed by atoms with Crippen molar-refractivity contribution in [3.05, 3.63) is 71.5 Å². The van der Waals surface area contributed by atoms with Gasteiger partial charge in [0.05, 0.1) is 30.9 Å². The molecule has 1 saturated heterocycles. The number of hydrogen-bond donors (Lipinski definition) is 1. The molecule has 0 radical (unpaired) electrons. The number of nitrogens with one attached hydrogen (secondary N) is 1. The van der Waals surface area contributed by atoms with E-state index in [1.807, 2.05) is 43.0 Å². The fraction of sp³-hybridized carbons (Fsp3) is 0.346. The number of rotatable bonds is 7. The third-order valence-corrected chi connectivity index (χ3v) is 6.63. The highest BCUT2D eigenvalue weighted by Gasteiger charge is 2.35. The van der Waals surface area contributed by atoms with E-state index in [-0.39, 0.29) is 18.0 Å². The van der Waals surface area contributed by atoms with E-state index in [0.717, 1.165) is 47.6 Å². The van der Waals surface area contributed by atoms with Crippen LogP contribution in [-0.4, -0.2) is 46.0 Å². The highest BCUT2D eigenvalue weighted by Crippen LogP contribution is 2.38. The number of thiocarbonyl (C=S) groups is 1. The molecule has 0 spiro atoms. The van der Waals surface area contributed by atoms with Gasteiger partial charge in [-0.3, -0.25) is 0 Å². The Morgan fingerprint density at radius 1 is 1.17 bits per heavy atom. The van der Waals surface area contributed by atoms with Crippen LogP contribution in [0.1, 0.15) is 44.2 Å². The van der Waals surface area contributed by atoms with Crippen LogP contribution >= 0.6 is 12.2 Å². The van der Waals surface area contributed by atoms with Crippen LogP contribution < -0.4 is 10.1 Å². The maximum absolute atomic E-state index is 13.7. The van der Waals surface area contributed by atoms with E-state index < -0.39 is 0 Å². The number of halogens is 1. The van der Waals surface area contributed by atoms with Crippen LogP contribution in [0.3, 0.4) is 0 Å². The molecule has 0 saturated carbocycles. The molecule has 182 valence electrons. The lowest BCUT2D eigenvalue weighted by molar-refractivity contribution is 0.0962. The molecular formula is C26H27FN4O3S. The summed E-state index contributed by atoms with van der Waals surface area (Å²) in [4.78, 5) is 6.75. The molecule has 1 N–H and O–H groups in total. The van der Waals surface area contributed by atoms with Crippen molar-refractivity contribution in [3.8, 4) is 17.1 Å². The maximum atomic E-state index is 13.7. The molecule has 5 rings (SSSR count). The Morgan fingerprint density at radius 3 is 2.63 bits per heavy atom. The first-order chi connectivity index (χ1) is 17.0. The zero-order chi connectivity index (χ0) is 24.4. The van der Waals surface area contributed by atoms with Crippen molar-refractivity contribution in [2.45, 2.75) is 38.8 Å². The van der Waals surface area contributed by atoms with Crippen LogP contribution in [0.5, 0.6) is 5.75 Å². The van der Waals surface area contributed by atoms with E-state index in [1.165, 1.54) is 12.1 Å². The minimum absolute atomic E-state index is 0.107. The number of ether oxygens (including phenoxy) is 2. The van der Waals surface area contributed by atoms with Crippen molar-refractivity contribution in [1.82, 2.24) is 20.4 Å². The zero-order valence-electron chi connectivity index (χ0n) is 19.7. The number of benzene rings is 2. The van der Waals surface area contributed by atoms with Gasteiger partial charge in [0, 0.05) is 17.9 Å². The second-order valence-electron chi connectivity index (χ2n) is 8.56. The summed E-state index contributed by atoms with van der Waals surface area (Å²) in [5, 5.41) is 8.22. The molecule has 0 aliphatic carbocycles. The average molecular weight is 495 g/mol. The molecule has 3 aromatic rings. The molecule has 9 heteroatoms. The van der Waals surface area contributed by atoms with Crippen molar-refractivity contribution in [1.29, 1.82) is 0 Å². The second kappa shape index (κ2) is 10.1. The zero-order valence-corrected chi connectivity index (χ0v) is 20.5. The van der Waals surface area contributed by atoms with E-state index in [4.69, 9.17) is 31.2 Å². The fourth-order valence-electron chi connectivity index (χ4n) is 4.49. The Balaban J connectivity index is 1.52. The molecule has 1 aromatic heterocycles. The summed E-state index contributed by atoms with van der Waals surface area (Å²) in [6.45, 7) is 5.94. The number of aromatic nitrogens is 2. The molecule has 0 bridgehead atoms. The number of nitrogens with zero attached hydrogens (tertiary/aromatic N) is 3. The molecule has 2 aromatic carbocycles. The smallest absolute Gasteiger partial charge is 0.258 e. The van der Waals surface area contributed by atoms with Crippen LogP contribution in [0.25, 0.3) is 17.0 Å². The monoisotopic (exact) mass is 494 g/mol. The van der Waals surface area contributed by atoms with E-state index in [9.17, 15) is 4.39 Å². The third kappa shape index (κ3) is 4.92. The second-order valence-corrected chi connectivity index (χ2v) is 8.95. The minimum atomic E-state index is -0.363. The van der Waals surface area contributed by atoms with Gasteiger partial charge in [-0.05, 0) is 80.9 Å². The van der Waals surface area contributed by atoms with Crippen LogP contribution in [0.4, 0.5) is 4.39 Å². The van der Waals surface area contributed by atoms with Crippen LogP contribution in [0.15, 0.2) is 58.8 Å². The Morgan fingerprint density at radius 2 is 1.94 bits per heavy atom. The van der Waals surface area contributed by atoms with Gasteiger partial charge in [0.1, 0.15) is 11.6 Å². The number of allylic oxidation sites excluding steroid dienone is 1. The first kappa shape index (κ1) is 23.4. The molecule has 1 fully saturated rings. The molecule has 7 nitrogen and oxygen atoms in total. The molecule has 0 amide bonds. The van der Waals surface area contributed by atoms with Gasteiger partial charge in [-0.1, -0.05) is 17.3 Å². The quantitative estimate of drug-likeness (QED) is 0.454. The van der Waals surface area contributed by atoms with E-state index in [0.29, 0.717) is 30.0 Å². The van der Waals surface area contributed by atoms with Gasteiger partial charge < -0.3 is 24.2 Å². The highest BCUT2D eigenvalue weighted by molar-refractivity contribution is 7.80. The van der Waals surface area contributed by atoms with E-state index in [1.54, 1.807) is 12.1 Å². The molecule has 2 atom stereocenters. The maximum Gasteiger partial charge on any atom is 0.258 e. The number of hydrogen-bond acceptors (Lipinski definition) is 6. The highest BCUT2D eigenvalue weighted by atomic mass is 32.1. The van der Waals surface area contributed by atoms with Gasteiger partial charge in [-0.25, -0.2) is 4.39 Å². The van der Waals surface area contributed by atoms with Crippen molar-refractivity contribution in [2.24, 2.45) is 0 Å². The van der Waals surface area contributed by atoms with Crippen molar-refractivity contribution in [2.75, 3.05) is 19.8 Å². The standard InChI is InChI=1S/C26H27FN4O3S/c1-3-32-20-12-8-18(9-13-20)24-29-25(34-30-24)22-16(2)31(15-21-5-4-14-33-21)26(35)28-23(22)17-6-10-19(27)11-7-17/h6-13,21,23H,3-5,14-15H2,1-2H3,(H,28,35). The summed E-state index contributed by atoms with van der Waals surface area (Å²) in [5.41, 5.74) is 3.37. The van der Waals surface area contributed by atoms with E-state index >= 15 is 0 Å². The largest absolute Gasteiger partial charge is 0.494 e. The summed E-state index contributed by atoms with van der Waals surface area (Å²) >= 11 is 5.73. The van der Waals surface area contributed by atoms with Gasteiger partial charge in [0.25, 0.3) is 5.89 Å². The predicted octanol–water partition coefficient (Wildman–Crippen LogP) is 5.12. The van der Waals surface area contributed by atoms with Gasteiger partial charge in [-0.2, -0.15) is 4.98 Å². The van der Waals surface area contributed by atoms with Crippen LogP contribution in [0.2, 0.25) is 0 Å². The van der Waals surface area contributed by atoms with Crippen LogP contribution in [0, 0.1) is 5.82 Å². The Labute approximate surface area is 208 Å². The lowest BCUT2D eigenvalue weighted by Gasteiger charge is -2.38. The predicted molar refractivity (Wildman–Crippen MR) is 134 cm³/mol.